The number of aryl methyl sites for hydroxylation is 1. The Morgan fingerprint density at radius 2 is 2.00 bits per heavy atom. The van der Waals surface area contributed by atoms with Gasteiger partial charge in [-0.1, -0.05) is 38.1 Å². The second kappa shape index (κ2) is 9.56. The van der Waals surface area contributed by atoms with Crippen LogP contribution < -0.4 is 11.1 Å². The molecule has 5 nitrogen and oxygen atoms in total. The molecule has 138 valence electrons. The molecule has 0 spiro atoms. The maximum absolute atomic E-state index is 5.99. The molecule has 0 amide bonds. The summed E-state index contributed by atoms with van der Waals surface area (Å²) in [4.78, 5) is 12.3. The molecule has 0 aliphatic rings. The van der Waals surface area contributed by atoms with Crippen molar-refractivity contribution in [1.82, 2.24) is 9.97 Å². The van der Waals surface area contributed by atoms with Crippen LogP contribution in [0.1, 0.15) is 37.6 Å². The van der Waals surface area contributed by atoms with E-state index >= 15 is 0 Å². The first-order valence-electron chi connectivity index (χ1n) is 8.72. The lowest BCUT2D eigenvalue weighted by Gasteiger charge is -2.09. The number of para-hydroxylation sites is 2. The number of aromatic nitrogens is 2. The lowest BCUT2D eigenvalue weighted by atomic mass is 10.0. The predicted octanol–water partition coefficient (Wildman–Crippen LogP) is 4.66. The number of rotatable bonds is 6. The smallest absolute Gasteiger partial charge is 0.193 e. The molecule has 0 saturated carbocycles. The molecule has 0 aliphatic carbocycles. The number of fused-ring (bicyclic) bond motifs is 1. The number of aromatic amines is 1. The maximum atomic E-state index is 5.99. The minimum absolute atomic E-state index is 0. The monoisotopic (exact) mass is 463 g/mol. The summed E-state index contributed by atoms with van der Waals surface area (Å²) in [6, 6.07) is 16.3. The molecule has 0 radical (unpaired) electrons. The van der Waals surface area contributed by atoms with Crippen LogP contribution in [0.15, 0.2) is 53.5 Å². The van der Waals surface area contributed by atoms with Crippen molar-refractivity contribution in [1.29, 1.82) is 0 Å². The quantitative estimate of drug-likeness (QED) is 0.215. The molecule has 0 fully saturated rings. The number of imidazole rings is 1. The number of benzene rings is 2. The van der Waals surface area contributed by atoms with Crippen molar-refractivity contribution in [3.05, 3.63) is 59.9 Å². The van der Waals surface area contributed by atoms with Crippen LogP contribution in [0.2, 0.25) is 0 Å². The number of guanidine groups is 1. The van der Waals surface area contributed by atoms with Gasteiger partial charge in [-0.15, -0.1) is 24.0 Å². The summed E-state index contributed by atoms with van der Waals surface area (Å²) in [5.74, 6) is 1.93. The van der Waals surface area contributed by atoms with Crippen LogP contribution in [0.5, 0.6) is 0 Å². The molecule has 0 atom stereocenters. The van der Waals surface area contributed by atoms with Gasteiger partial charge in [-0.3, -0.25) is 4.99 Å². The largest absolute Gasteiger partial charge is 0.370 e. The zero-order chi connectivity index (χ0) is 17.6. The number of hydrogen-bond acceptors (Lipinski definition) is 2. The Morgan fingerprint density at radius 1 is 1.19 bits per heavy atom. The average molecular weight is 463 g/mol. The standard InChI is InChI=1S/C20H25N5.HI/c1-14(2)15-7-5-8-16(13-15)23-20(21)22-12-6-11-19-24-17-9-3-4-10-18(17)25-19;/h3-5,7-10,13-14H,6,11-12H2,1-2H3,(H,24,25)(H3,21,22,23);1H. The van der Waals surface area contributed by atoms with E-state index in [2.05, 4.69) is 46.3 Å². The third kappa shape index (κ3) is 5.45. The highest BCUT2D eigenvalue weighted by molar-refractivity contribution is 14.0. The van der Waals surface area contributed by atoms with Gasteiger partial charge in [0.2, 0.25) is 0 Å². The van der Waals surface area contributed by atoms with Crippen LogP contribution in [-0.4, -0.2) is 22.5 Å². The fraction of sp³-hybridized carbons (Fsp3) is 0.300. The molecule has 4 N–H and O–H groups in total. The number of anilines is 1. The number of nitrogens with zero attached hydrogens (tertiary/aromatic N) is 2. The van der Waals surface area contributed by atoms with E-state index in [1.165, 1.54) is 5.56 Å². The number of halogens is 1. The number of H-pyrrole nitrogens is 1. The van der Waals surface area contributed by atoms with Crippen molar-refractivity contribution in [3.8, 4) is 0 Å². The van der Waals surface area contributed by atoms with E-state index < -0.39 is 0 Å². The number of aliphatic imine (C=N–C) groups is 1. The van der Waals surface area contributed by atoms with Gasteiger partial charge in [-0.05, 0) is 42.2 Å². The summed E-state index contributed by atoms with van der Waals surface area (Å²) in [6.07, 6.45) is 1.75. The van der Waals surface area contributed by atoms with Gasteiger partial charge in [0, 0.05) is 18.7 Å². The summed E-state index contributed by atoms with van der Waals surface area (Å²) < 4.78 is 0. The van der Waals surface area contributed by atoms with Gasteiger partial charge in [-0.2, -0.15) is 0 Å². The molecular weight excluding hydrogens is 437 g/mol. The third-order valence-corrected chi connectivity index (χ3v) is 4.12. The van der Waals surface area contributed by atoms with E-state index in [4.69, 9.17) is 5.73 Å². The van der Waals surface area contributed by atoms with Gasteiger partial charge >= 0.3 is 0 Å². The van der Waals surface area contributed by atoms with Crippen LogP contribution in [0, 0.1) is 0 Å². The molecule has 0 bridgehead atoms. The molecule has 0 unspecified atom stereocenters. The Bertz CT molecular complexity index is 836. The fourth-order valence-electron chi connectivity index (χ4n) is 2.73. The van der Waals surface area contributed by atoms with Gasteiger partial charge in [0.1, 0.15) is 5.82 Å². The zero-order valence-electron chi connectivity index (χ0n) is 15.2. The van der Waals surface area contributed by atoms with Crippen molar-refractivity contribution in [2.45, 2.75) is 32.6 Å². The van der Waals surface area contributed by atoms with E-state index in [-0.39, 0.29) is 24.0 Å². The Hall–Kier alpha value is -2.09. The first-order chi connectivity index (χ1) is 12.1. The van der Waals surface area contributed by atoms with Gasteiger partial charge < -0.3 is 16.0 Å². The highest BCUT2D eigenvalue weighted by Gasteiger charge is 2.03. The molecule has 26 heavy (non-hydrogen) atoms. The van der Waals surface area contributed by atoms with E-state index in [0.29, 0.717) is 18.4 Å². The Kier molecular flexibility index (Phi) is 7.44. The van der Waals surface area contributed by atoms with Crippen LogP contribution >= 0.6 is 24.0 Å². The molecule has 2 aromatic carbocycles. The van der Waals surface area contributed by atoms with Crippen molar-refractivity contribution in [3.63, 3.8) is 0 Å². The Morgan fingerprint density at radius 3 is 2.77 bits per heavy atom. The fourth-order valence-corrected chi connectivity index (χ4v) is 2.73. The van der Waals surface area contributed by atoms with Crippen molar-refractivity contribution < 1.29 is 0 Å². The van der Waals surface area contributed by atoms with Gasteiger partial charge in [0.05, 0.1) is 11.0 Å². The maximum Gasteiger partial charge on any atom is 0.193 e. The minimum atomic E-state index is 0. The SMILES string of the molecule is CC(C)c1cccc(NC(N)=NCCCc2nc3ccccc3[nH]2)c1.I. The molecule has 3 aromatic rings. The van der Waals surface area contributed by atoms with E-state index in [0.717, 1.165) is 35.4 Å². The topological polar surface area (TPSA) is 79.1 Å². The number of hydrogen-bond donors (Lipinski definition) is 3. The lowest BCUT2D eigenvalue weighted by molar-refractivity contribution is 0.796. The van der Waals surface area contributed by atoms with Crippen LogP contribution in [0.25, 0.3) is 11.0 Å². The van der Waals surface area contributed by atoms with E-state index in [9.17, 15) is 0 Å². The van der Waals surface area contributed by atoms with Crippen molar-refractivity contribution in [2.24, 2.45) is 10.7 Å². The number of nitrogens with one attached hydrogen (secondary N) is 2. The van der Waals surface area contributed by atoms with Crippen molar-refractivity contribution >= 4 is 46.7 Å². The summed E-state index contributed by atoms with van der Waals surface area (Å²) >= 11 is 0. The summed E-state index contributed by atoms with van der Waals surface area (Å²) in [6.45, 7) is 5.02. The predicted molar refractivity (Wildman–Crippen MR) is 120 cm³/mol. The third-order valence-electron chi connectivity index (χ3n) is 4.12. The second-order valence-corrected chi connectivity index (χ2v) is 6.48. The normalized spacial score (nSPS) is 11.6. The minimum Gasteiger partial charge on any atom is -0.370 e. The summed E-state index contributed by atoms with van der Waals surface area (Å²) in [5.41, 5.74) is 10.3. The van der Waals surface area contributed by atoms with Crippen LogP contribution in [0.3, 0.4) is 0 Å². The molecule has 1 aromatic heterocycles. The lowest BCUT2D eigenvalue weighted by Crippen LogP contribution is -2.23. The Balaban J connectivity index is 0.00000243. The molecular formula is C20H26IN5. The molecule has 0 aliphatic heterocycles. The van der Waals surface area contributed by atoms with Gasteiger partial charge in [0.15, 0.2) is 5.96 Å². The molecule has 0 saturated heterocycles. The van der Waals surface area contributed by atoms with E-state index in [1.807, 2.05) is 36.4 Å². The van der Waals surface area contributed by atoms with Crippen LogP contribution in [0.4, 0.5) is 5.69 Å². The van der Waals surface area contributed by atoms with Crippen LogP contribution in [-0.2, 0) is 6.42 Å². The van der Waals surface area contributed by atoms with Gasteiger partial charge in [-0.25, -0.2) is 4.98 Å². The highest BCUT2D eigenvalue weighted by Crippen LogP contribution is 2.18. The van der Waals surface area contributed by atoms with E-state index in [1.54, 1.807) is 0 Å². The summed E-state index contributed by atoms with van der Waals surface area (Å²) in [5, 5.41) is 3.16. The summed E-state index contributed by atoms with van der Waals surface area (Å²) in [7, 11) is 0. The first-order valence-corrected chi connectivity index (χ1v) is 8.72. The molecule has 3 rings (SSSR count). The Labute approximate surface area is 171 Å². The second-order valence-electron chi connectivity index (χ2n) is 6.48. The molecule has 1 heterocycles. The highest BCUT2D eigenvalue weighted by atomic mass is 127. The number of nitrogens with two attached hydrogens (primary N) is 1. The zero-order valence-corrected chi connectivity index (χ0v) is 17.5. The average Bonchev–Trinajstić information content (AvgIpc) is 3.02. The van der Waals surface area contributed by atoms with Crippen molar-refractivity contribution in [2.75, 3.05) is 11.9 Å². The van der Waals surface area contributed by atoms with Gasteiger partial charge in [0.25, 0.3) is 0 Å². The first kappa shape index (κ1) is 20.2. The molecule has 6 heteroatoms.